The first-order chi connectivity index (χ1) is 8.52. The van der Waals surface area contributed by atoms with Gasteiger partial charge in [-0.25, -0.2) is 0 Å². The summed E-state index contributed by atoms with van der Waals surface area (Å²) in [5.41, 5.74) is 0.127. The normalized spacial score (nSPS) is 9.61. The SMILES string of the molecule is CCOC(=O)CC(=O)Nc1cccc([N+](=O)[O-])c1. The van der Waals surface area contributed by atoms with Crippen LogP contribution in [0.25, 0.3) is 0 Å². The van der Waals surface area contributed by atoms with Crippen molar-refractivity contribution in [3.05, 3.63) is 34.4 Å². The minimum atomic E-state index is -0.638. The molecule has 0 aliphatic rings. The summed E-state index contributed by atoms with van der Waals surface area (Å²) < 4.78 is 4.60. The van der Waals surface area contributed by atoms with Gasteiger partial charge in [-0.3, -0.25) is 19.7 Å². The molecule has 0 aliphatic carbocycles. The van der Waals surface area contributed by atoms with Crippen molar-refractivity contribution in [3.8, 4) is 0 Å². The number of carbonyl (C=O) groups is 2. The number of carbonyl (C=O) groups excluding carboxylic acids is 2. The van der Waals surface area contributed by atoms with E-state index in [2.05, 4.69) is 10.1 Å². The van der Waals surface area contributed by atoms with Gasteiger partial charge in [0, 0.05) is 17.8 Å². The van der Waals surface area contributed by atoms with Crippen LogP contribution in [0.15, 0.2) is 24.3 Å². The highest BCUT2D eigenvalue weighted by atomic mass is 16.6. The number of nitrogens with one attached hydrogen (secondary N) is 1. The maximum absolute atomic E-state index is 11.4. The van der Waals surface area contributed by atoms with Crippen LogP contribution in [-0.4, -0.2) is 23.4 Å². The highest BCUT2D eigenvalue weighted by molar-refractivity contribution is 6.01. The number of amides is 1. The van der Waals surface area contributed by atoms with Crippen molar-refractivity contribution in [1.82, 2.24) is 0 Å². The minimum absolute atomic E-state index is 0.135. The maximum atomic E-state index is 11.4. The zero-order chi connectivity index (χ0) is 13.5. The maximum Gasteiger partial charge on any atom is 0.315 e. The monoisotopic (exact) mass is 252 g/mol. The lowest BCUT2D eigenvalue weighted by Gasteiger charge is -2.04. The van der Waals surface area contributed by atoms with E-state index in [0.29, 0.717) is 0 Å². The van der Waals surface area contributed by atoms with E-state index in [4.69, 9.17) is 0 Å². The number of hydrogen-bond acceptors (Lipinski definition) is 5. The molecule has 0 saturated carbocycles. The second-order valence-corrected chi connectivity index (χ2v) is 3.34. The lowest BCUT2D eigenvalue weighted by Crippen LogP contribution is -2.18. The fourth-order valence-electron chi connectivity index (χ4n) is 1.25. The van der Waals surface area contributed by atoms with E-state index in [1.165, 1.54) is 24.3 Å². The second-order valence-electron chi connectivity index (χ2n) is 3.34. The molecule has 0 aromatic heterocycles. The molecule has 96 valence electrons. The Morgan fingerprint density at radius 2 is 2.17 bits per heavy atom. The highest BCUT2D eigenvalue weighted by Crippen LogP contribution is 2.17. The summed E-state index contributed by atoms with van der Waals surface area (Å²) in [5.74, 6) is -1.21. The molecule has 0 bridgehead atoms. The van der Waals surface area contributed by atoms with E-state index in [0.717, 1.165) is 0 Å². The largest absolute Gasteiger partial charge is 0.466 e. The lowest BCUT2D eigenvalue weighted by molar-refractivity contribution is -0.384. The van der Waals surface area contributed by atoms with Gasteiger partial charge in [0.15, 0.2) is 0 Å². The molecule has 1 aromatic carbocycles. The molecule has 7 nitrogen and oxygen atoms in total. The molecule has 18 heavy (non-hydrogen) atoms. The molecule has 0 spiro atoms. The van der Waals surface area contributed by atoms with E-state index in [-0.39, 0.29) is 18.0 Å². The third-order valence-electron chi connectivity index (χ3n) is 1.95. The molecule has 0 saturated heterocycles. The molecule has 0 fully saturated rings. The number of nitrogens with zero attached hydrogens (tertiary/aromatic N) is 1. The van der Waals surface area contributed by atoms with E-state index in [1.54, 1.807) is 6.92 Å². The Kier molecular flexibility index (Phi) is 4.79. The standard InChI is InChI=1S/C11H12N2O5/c1-2-18-11(15)7-10(14)12-8-4-3-5-9(6-8)13(16)17/h3-6H,2,7H2,1H3,(H,12,14). The number of ether oxygens (including phenoxy) is 1. The van der Waals surface area contributed by atoms with Crippen LogP contribution in [-0.2, 0) is 14.3 Å². The van der Waals surface area contributed by atoms with E-state index in [9.17, 15) is 19.7 Å². The number of non-ortho nitro benzene ring substituents is 1. The third-order valence-corrected chi connectivity index (χ3v) is 1.95. The Morgan fingerprint density at radius 1 is 1.44 bits per heavy atom. The Hall–Kier alpha value is -2.44. The summed E-state index contributed by atoms with van der Waals surface area (Å²) in [5, 5.41) is 12.9. The first-order valence-electron chi connectivity index (χ1n) is 5.23. The molecule has 1 aromatic rings. The van der Waals surface area contributed by atoms with Gasteiger partial charge in [0.25, 0.3) is 5.69 Å². The molecular formula is C11H12N2O5. The number of rotatable bonds is 5. The molecule has 0 atom stereocenters. The van der Waals surface area contributed by atoms with Gasteiger partial charge >= 0.3 is 5.97 Å². The van der Waals surface area contributed by atoms with Crippen LogP contribution in [0.3, 0.4) is 0 Å². The number of esters is 1. The van der Waals surface area contributed by atoms with Crippen LogP contribution in [0.5, 0.6) is 0 Å². The summed E-state index contributed by atoms with van der Waals surface area (Å²) >= 11 is 0. The van der Waals surface area contributed by atoms with Gasteiger partial charge < -0.3 is 10.1 Å². The molecule has 7 heteroatoms. The summed E-state index contributed by atoms with van der Waals surface area (Å²) in [6.07, 6.45) is -0.420. The van der Waals surface area contributed by atoms with Gasteiger partial charge in [-0.05, 0) is 13.0 Å². The van der Waals surface area contributed by atoms with E-state index in [1.807, 2.05) is 0 Å². The molecule has 1 rings (SSSR count). The molecule has 1 N–H and O–H groups in total. The van der Waals surface area contributed by atoms with Crippen molar-refractivity contribution in [1.29, 1.82) is 0 Å². The summed E-state index contributed by atoms with van der Waals surface area (Å²) in [7, 11) is 0. The van der Waals surface area contributed by atoms with Gasteiger partial charge in [-0.15, -0.1) is 0 Å². The van der Waals surface area contributed by atoms with Gasteiger partial charge in [0.05, 0.1) is 11.5 Å². The minimum Gasteiger partial charge on any atom is -0.466 e. The number of nitro benzene ring substituents is 1. The van der Waals surface area contributed by atoms with Crippen LogP contribution < -0.4 is 5.32 Å². The average Bonchev–Trinajstić information content (AvgIpc) is 2.29. The average molecular weight is 252 g/mol. The van der Waals surface area contributed by atoms with Crippen LogP contribution >= 0.6 is 0 Å². The molecule has 0 heterocycles. The van der Waals surface area contributed by atoms with Crippen molar-refractivity contribution in [2.24, 2.45) is 0 Å². The zero-order valence-corrected chi connectivity index (χ0v) is 9.71. The zero-order valence-electron chi connectivity index (χ0n) is 9.71. The third kappa shape index (κ3) is 4.20. The van der Waals surface area contributed by atoms with Crippen LogP contribution in [0.1, 0.15) is 13.3 Å². The Labute approximate surface area is 103 Å². The van der Waals surface area contributed by atoms with Gasteiger partial charge in [0.2, 0.25) is 5.91 Å². The van der Waals surface area contributed by atoms with Crippen molar-refractivity contribution in [3.63, 3.8) is 0 Å². The Bertz CT molecular complexity index is 472. The van der Waals surface area contributed by atoms with Crippen LogP contribution in [0.4, 0.5) is 11.4 Å². The Balaban J connectivity index is 2.62. The fraction of sp³-hybridized carbons (Fsp3) is 0.273. The fourth-order valence-corrected chi connectivity index (χ4v) is 1.25. The number of anilines is 1. The number of benzene rings is 1. The quantitative estimate of drug-likeness (QED) is 0.370. The van der Waals surface area contributed by atoms with Crippen molar-refractivity contribution in [2.45, 2.75) is 13.3 Å². The number of hydrogen-bond donors (Lipinski definition) is 1. The molecule has 0 aliphatic heterocycles. The van der Waals surface area contributed by atoms with Crippen molar-refractivity contribution in [2.75, 3.05) is 11.9 Å². The lowest BCUT2D eigenvalue weighted by atomic mass is 10.2. The number of nitro groups is 1. The molecule has 1 amide bonds. The van der Waals surface area contributed by atoms with Crippen LogP contribution in [0.2, 0.25) is 0 Å². The Morgan fingerprint density at radius 3 is 2.78 bits per heavy atom. The summed E-state index contributed by atoms with van der Waals surface area (Å²) in [6.45, 7) is 1.83. The predicted octanol–water partition coefficient (Wildman–Crippen LogP) is 1.49. The highest BCUT2D eigenvalue weighted by Gasteiger charge is 2.12. The van der Waals surface area contributed by atoms with Crippen molar-refractivity contribution >= 4 is 23.3 Å². The topological polar surface area (TPSA) is 98.5 Å². The van der Waals surface area contributed by atoms with Gasteiger partial charge in [-0.1, -0.05) is 6.07 Å². The van der Waals surface area contributed by atoms with Crippen molar-refractivity contribution < 1.29 is 19.2 Å². The first-order valence-corrected chi connectivity index (χ1v) is 5.23. The summed E-state index contributed by atoms with van der Waals surface area (Å²) in [6, 6.07) is 5.46. The second kappa shape index (κ2) is 6.33. The van der Waals surface area contributed by atoms with Gasteiger partial charge in [0.1, 0.15) is 6.42 Å². The molecule has 0 unspecified atom stereocenters. The van der Waals surface area contributed by atoms with E-state index >= 15 is 0 Å². The van der Waals surface area contributed by atoms with E-state index < -0.39 is 23.2 Å². The molecular weight excluding hydrogens is 240 g/mol. The predicted molar refractivity (Wildman–Crippen MR) is 63.0 cm³/mol. The van der Waals surface area contributed by atoms with Crippen LogP contribution in [0, 0.1) is 10.1 Å². The summed E-state index contributed by atoms with van der Waals surface area (Å²) in [4.78, 5) is 32.4. The smallest absolute Gasteiger partial charge is 0.315 e. The molecule has 0 radical (unpaired) electrons. The first kappa shape index (κ1) is 13.6. The van der Waals surface area contributed by atoms with Gasteiger partial charge in [-0.2, -0.15) is 0 Å².